The summed E-state index contributed by atoms with van der Waals surface area (Å²) in [6.45, 7) is 3.92. The third-order valence-electron chi connectivity index (χ3n) is 3.32. The maximum absolute atomic E-state index is 13.6. The second-order valence-electron chi connectivity index (χ2n) is 4.87. The molecule has 0 bridgehead atoms. The summed E-state index contributed by atoms with van der Waals surface area (Å²) in [7, 11) is 0. The number of nitrogens with two attached hydrogens (primary N) is 1. The summed E-state index contributed by atoms with van der Waals surface area (Å²) in [5.74, 6) is -1.08. The summed E-state index contributed by atoms with van der Waals surface area (Å²) in [6, 6.07) is 9.40. The molecule has 2 rings (SSSR count). The van der Waals surface area contributed by atoms with Gasteiger partial charge in [0, 0.05) is 11.6 Å². The Kier molecular flexibility index (Phi) is 3.96. The number of aryl methyl sites for hydroxylation is 2. The quantitative estimate of drug-likeness (QED) is 0.893. The van der Waals surface area contributed by atoms with Gasteiger partial charge in [0.05, 0.1) is 0 Å². The Morgan fingerprint density at radius 1 is 1.05 bits per heavy atom. The van der Waals surface area contributed by atoms with E-state index in [9.17, 15) is 8.78 Å². The normalized spacial score (nSPS) is 12.5. The summed E-state index contributed by atoms with van der Waals surface area (Å²) in [4.78, 5) is 0. The molecule has 19 heavy (non-hydrogen) atoms. The molecule has 0 saturated carbocycles. The van der Waals surface area contributed by atoms with Gasteiger partial charge >= 0.3 is 0 Å². The fraction of sp³-hybridized carbons (Fsp3) is 0.250. The van der Waals surface area contributed by atoms with Gasteiger partial charge in [0.25, 0.3) is 0 Å². The van der Waals surface area contributed by atoms with Gasteiger partial charge in [-0.25, -0.2) is 8.78 Å². The maximum Gasteiger partial charge on any atom is 0.129 e. The van der Waals surface area contributed by atoms with Gasteiger partial charge in [-0.15, -0.1) is 0 Å². The first kappa shape index (κ1) is 13.7. The Morgan fingerprint density at radius 2 is 1.68 bits per heavy atom. The summed E-state index contributed by atoms with van der Waals surface area (Å²) in [5.41, 5.74) is 9.21. The van der Waals surface area contributed by atoms with E-state index in [0.717, 1.165) is 16.7 Å². The predicted molar refractivity (Wildman–Crippen MR) is 72.9 cm³/mol. The first-order valence-corrected chi connectivity index (χ1v) is 6.24. The molecular formula is C16H17F2N. The second kappa shape index (κ2) is 5.49. The summed E-state index contributed by atoms with van der Waals surface area (Å²) in [5, 5.41) is 0. The average Bonchev–Trinajstić information content (AvgIpc) is 2.37. The average molecular weight is 261 g/mol. The SMILES string of the molecule is Cc1ccc(C)c(C(N)Cc2c(F)cccc2F)c1. The lowest BCUT2D eigenvalue weighted by molar-refractivity contribution is 0.539. The van der Waals surface area contributed by atoms with Crippen molar-refractivity contribution in [3.63, 3.8) is 0 Å². The molecule has 0 amide bonds. The highest BCUT2D eigenvalue weighted by molar-refractivity contribution is 5.34. The van der Waals surface area contributed by atoms with Crippen molar-refractivity contribution in [3.8, 4) is 0 Å². The molecule has 2 aromatic rings. The predicted octanol–water partition coefficient (Wildman–Crippen LogP) is 3.82. The molecular weight excluding hydrogens is 244 g/mol. The van der Waals surface area contributed by atoms with E-state index in [0.29, 0.717) is 0 Å². The van der Waals surface area contributed by atoms with Crippen molar-refractivity contribution < 1.29 is 8.78 Å². The van der Waals surface area contributed by atoms with Crippen molar-refractivity contribution in [3.05, 3.63) is 70.3 Å². The van der Waals surface area contributed by atoms with Crippen LogP contribution < -0.4 is 5.73 Å². The van der Waals surface area contributed by atoms with E-state index in [-0.39, 0.29) is 12.0 Å². The molecule has 0 aliphatic heterocycles. The molecule has 0 aromatic heterocycles. The minimum Gasteiger partial charge on any atom is -0.324 e. The van der Waals surface area contributed by atoms with Crippen LogP contribution >= 0.6 is 0 Å². The van der Waals surface area contributed by atoms with Gasteiger partial charge < -0.3 is 5.73 Å². The van der Waals surface area contributed by atoms with Crippen molar-refractivity contribution in [1.82, 2.24) is 0 Å². The Labute approximate surface area is 112 Å². The Hall–Kier alpha value is -1.74. The highest BCUT2D eigenvalue weighted by Crippen LogP contribution is 2.23. The van der Waals surface area contributed by atoms with Crippen molar-refractivity contribution in [2.24, 2.45) is 5.73 Å². The molecule has 2 aromatic carbocycles. The standard InChI is InChI=1S/C16H17F2N/c1-10-6-7-11(2)12(8-10)16(19)9-13-14(17)4-3-5-15(13)18/h3-8,16H,9,19H2,1-2H3. The van der Waals surface area contributed by atoms with Gasteiger partial charge in [-0.05, 0) is 43.5 Å². The van der Waals surface area contributed by atoms with E-state index in [2.05, 4.69) is 0 Å². The van der Waals surface area contributed by atoms with Gasteiger partial charge in [-0.3, -0.25) is 0 Å². The van der Waals surface area contributed by atoms with Crippen LogP contribution in [0.15, 0.2) is 36.4 Å². The van der Waals surface area contributed by atoms with Crippen LogP contribution in [0.2, 0.25) is 0 Å². The lowest BCUT2D eigenvalue weighted by Gasteiger charge is -2.16. The highest BCUT2D eigenvalue weighted by atomic mass is 19.1. The molecule has 100 valence electrons. The number of halogens is 2. The molecule has 0 saturated heterocycles. The lowest BCUT2D eigenvalue weighted by atomic mass is 9.94. The Balaban J connectivity index is 2.31. The summed E-state index contributed by atoms with van der Waals surface area (Å²) < 4.78 is 27.2. The zero-order chi connectivity index (χ0) is 14.0. The summed E-state index contributed by atoms with van der Waals surface area (Å²) in [6.07, 6.45) is 0.156. The van der Waals surface area contributed by atoms with Crippen LogP contribution in [-0.2, 0) is 6.42 Å². The van der Waals surface area contributed by atoms with Gasteiger partial charge in [0.1, 0.15) is 11.6 Å². The number of hydrogen-bond donors (Lipinski definition) is 1. The molecule has 1 nitrogen and oxygen atoms in total. The minimum atomic E-state index is -0.541. The van der Waals surface area contributed by atoms with Gasteiger partial charge in [0.15, 0.2) is 0 Å². The molecule has 2 N–H and O–H groups in total. The maximum atomic E-state index is 13.6. The van der Waals surface area contributed by atoms with Crippen LogP contribution in [0.1, 0.15) is 28.3 Å². The van der Waals surface area contributed by atoms with E-state index in [1.807, 2.05) is 32.0 Å². The largest absolute Gasteiger partial charge is 0.324 e. The molecule has 1 unspecified atom stereocenters. The van der Waals surface area contributed by atoms with Crippen LogP contribution in [-0.4, -0.2) is 0 Å². The Bertz CT molecular complexity index is 573. The third-order valence-corrected chi connectivity index (χ3v) is 3.32. The van der Waals surface area contributed by atoms with Crippen LogP contribution in [0.4, 0.5) is 8.78 Å². The van der Waals surface area contributed by atoms with Gasteiger partial charge in [0.2, 0.25) is 0 Å². The van der Waals surface area contributed by atoms with E-state index in [1.54, 1.807) is 0 Å². The van der Waals surface area contributed by atoms with E-state index in [1.165, 1.54) is 18.2 Å². The van der Waals surface area contributed by atoms with E-state index < -0.39 is 17.7 Å². The van der Waals surface area contributed by atoms with Crippen LogP contribution in [0.3, 0.4) is 0 Å². The Morgan fingerprint density at radius 3 is 2.32 bits per heavy atom. The first-order chi connectivity index (χ1) is 8.99. The topological polar surface area (TPSA) is 26.0 Å². The van der Waals surface area contributed by atoms with Crippen molar-refractivity contribution in [2.45, 2.75) is 26.3 Å². The third kappa shape index (κ3) is 2.99. The zero-order valence-corrected chi connectivity index (χ0v) is 11.1. The lowest BCUT2D eigenvalue weighted by Crippen LogP contribution is -2.16. The second-order valence-corrected chi connectivity index (χ2v) is 4.87. The van der Waals surface area contributed by atoms with Crippen molar-refractivity contribution in [2.75, 3.05) is 0 Å². The van der Waals surface area contributed by atoms with Crippen molar-refractivity contribution in [1.29, 1.82) is 0 Å². The minimum absolute atomic E-state index is 0.0518. The van der Waals surface area contributed by atoms with E-state index >= 15 is 0 Å². The molecule has 0 aliphatic carbocycles. The van der Waals surface area contributed by atoms with Gasteiger partial charge in [-0.2, -0.15) is 0 Å². The zero-order valence-electron chi connectivity index (χ0n) is 11.1. The molecule has 0 heterocycles. The molecule has 1 atom stereocenters. The van der Waals surface area contributed by atoms with Crippen LogP contribution in [0.5, 0.6) is 0 Å². The van der Waals surface area contributed by atoms with Crippen LogP contribution in [0, 0.1) is 25.5 Å². The monoisotopic (exact) mass is 261 g/mol. The molecule has 0 radical (unpaired) electrons. The molecule has 0 fully saturated rings. The number of rotatable bonds is 3. The first-order valence-electron chi connectivity index (χ1n) is 6.24. The number of hydrogen-bond acceptors (Lipinski definition) is 1. The highest BCUT2D eigenvalue weighted by Gasteiger charge is 2.15. The fourth-order valence-electron chi connectivity index (χ4n) is 2.22. The van der Waals surface area contributed by atoms with Crippen molar-refractivity contribution >= 4 is 0 Å². The fourth-order valence-corrected chi connectivity index (χ4v) is 2.22. The van der Waals surface area contributed by atoms with Crippen LogP contribution in [0.25, 0.3) is 0 Å². The van der Waals surface area contributed by atoms with E-state index in [4.69, 9.17) is 5.73 Å². The molecule has 0 spiro atoms. The van der Waals surface area contributed by atoms with Gasteiger partial charge in [-0.1, -0.05) is 29.8 Å². The summed E-state index contributed by atoms with van der Waals surface area (Å²) >= 11 is 0. The molecule has 3 heteroatoms. The number of benzene rings is 2. The smallest absolute Gasteiger partial charge is 0.129 e. The molecule has 0 aliphatic rings.